The third-order valence-electron chi connectivity index (χ3n) is 8.96. The van der Waals surface area contributed by atoms with Gasteiger partial charge >= 0.3 is 0 Å². The fourth-order valence-corrected chi connectivity index (χ4v) is 6.93. The number of nitrogens with zero attached hydrogens (tertiary/aromatic N) is 2. The van der Waals surface area contributed by atoms with Crippen LogP contribution in [0, 0.1) is 5.92 Å². The summed E-state index contributed by atoms with van der Waals surface area (Å²) in [6.07, 6.45) is -0.353. The van der Waals surface area contributed by atoms with E-state index >= 15 is 0 Å². The molecule has 1 saturated heterocycles. The highest BCUT2D eigenvalue weighted by Crippen LogP contribution is 2.32. The molecule has 3 aromatic carbocycles. The smallest absolute Gasteiger partial charge is 0.239 e. The molecule has 5 rings (SSSR count). The quantitative estimate of drug-likeness (QED) is 0.204. The number of β-amino-alcohol motifs (C(OH)–C–C–N with tert-alkyl or cyclic N) is 1. The van der Waals surface area contributed by atoms with E-state index in [4.69, 9.17) is 0 Å². The van der Waals surface area contributed by atoms with Gasteiger partial charge in [-0.25, -0.2) is 0 Å². The lowest BCUT2D eigenvalue weighted by molar-refractivity contribution is -0.132. The first-order valence-electron chi connectivity index (χ1n) is 16.3. The monoisotopic (exact) mass is 644 g/mol. The molecule has 0 saturated carbocycles. The fourth-order valence-electron chi connectivity index (χ4n) is 6.70. The highest BCUT2D eigenvalue weighted by Gasteiger charge is 2.37. The van der Waals surface area contributed by atoms with Gasteiger partial charge in [-0.1, -0.05) is 72.8 Å². The molecule has 1 heterocycles. The summed E-state index contributed by atoms with van der Waals surface area (Å²) in [5.41, 5.74) is 3.69. The van der Waals surface area contributed by atoms with Crippen molar-refractivity contribution in [2.45, 2.75) is 81.3 Å². The standard InChI is InChI=1S/C37H48N4O4S/c1-37(2,3)39-36(45)31-24-40(22-27-14-8-10-16-33(27)46)17-18-41(31)23-29(42)20-28(19-25-11-5-4-6-12-25)35(44)38-34-30-15-9-7-13-26(30)21-32(34)43/h4-16,28-29,31-32,34,42-43,46H,17-24H2,1-3H3,(H,38,44)(H,39,45)/t28-,29-,31-,32+,34-/m0/s1. The van der Waals surface area contributed by atoms with Gasteiger partial charge in [0.1, 0.15) is 6.04 Å². The first-order valence-corrected chi connectivity index (χ1v) is 16.7. The Morgan fingerprint density at radius 2 is 1.67 bits per heavy atom. The maximum atomic E-state index is 13.8. The van der Waals surface area contributed by atoms with E-state index in [9.17, 15) is 19.8 Å². The summed E-state index contributed by atoms with van der Waals surface area (Å²) in [7, 11) is 0. The second-order valence-corrected chi connectivity index (χ2v) is 14.3. The van der Waals surface area contributed by atoms with Crippen molar-refractivity contribution in [1.82, 2.24) is 20.4 Å². The molecule has 8 nitrogen and oxygen atoms in total. The summed E-state index contributed by atoms with van der Waals surface area (Å²) in [5.74, 6) is -0.788. The summed E-state index contributed by atoms with van der Waals surface area (Å²) in [6.45, 7) is 8.72. The summed E-state index contributed by atoms with van der Waals surface area (Å²) in [6, 6.07) is 24.7. The van der Waals surface area contributed by atoms with Crippen molar-refractivity contribution in [1.29, 1.82) is 0 Å². The topological polar surface area (TPSA) is 105 Å². The van der Waals surface area contributed by atoms with Crippen molar-refractivity contribution in [3.63, 3.8) is 0 Å². The number of nitrogens with one attached hydrogen (secondary N) is 2. The molecular weight excluding hydrogens is 596 g/mol. The van der Waals surface area contributed by atoms with Crippen LogP contribution in [0.15, 0.2) is 83.8 Å². The zero-order valence-electron chi connectivity index (χ0n) is 27.1. The lowest BCUT2D eigenvalue weighted by atomic mass is 9.91. The van der Waals surface area contributed by atoms with Crippen LogP contribution < -0.4 is 10.6 Å². The van der Waals surface area contributed by atoms with Crippen LogP contribution in [0.4, 0.5) is 0 Å². The third-order valence-corrected chi connectivity index (χ3v) is 9.40. The summed E-state index contributed by atoms with van der Waals surface area (Å²) < 4.78 is 0. The van der Waals surface area contributed by atoms with Crippen LogP contribution in [0.1, 0.15) is 55.5 Å². The molecule has 0 aromatic heterocycles. The van der Waals surface area contributed by atoms with E-state index in [-0.39, 0.29) is 24.8 Å². The first kappa shape index (κ1) is 34.1. The van der Waals surface area contributed by atoms with Crippen LogP contribution >= 0.6 is 12.6 Å². The fraction of sp³-hybridized carbons (Fsp3) is 0.459. The molecule has 2 amide bonds. The molecule has 9 heteroatoms. The molecule has 0 unspecified atom stereocenters. The van der Waals surface area contributed by atoms with E-state index in [1.165, 1.54) is 0 Å². The van der Waals surface area contributed by atoms with E-state index < -0.39 is 35.7 Å². The Balaban J connectivity index is 1.29. The van der Waals surface area contributed by atoms with Gasteiger partial charge in [-0.15, -0.1) is 12.6 Å². The van der Waals surface area contributed by atoms with E-state index in [1.807, 2.05) is 93.6 Å². The predicted molar refractivity (Wildman–Crippen MR) is 184 cm³/mol. The molecule has 0 bridgehead atoms. The zero-order valence-corrected chi connectivity index (χ0v) is 28.0. The minimum absolute atomic E-state index is 0.0731. The number of carbonyl (C=O) groups is 2. The average molecular weight is 645 g/mol. The van der Waals surface area contributed by atoms with Crippen LogP contribution in [-0.4, -0.2) is 81.8 Å². The number of piperazine rings is 1. The zero-order chi connectivity index (χ0) is 32.8. The molecule has 0 radical (unpaired) electrons. The van der Waals surface area contributed by atoms with E-state index in [0.29, 0.717) is 32.5 Å². The summed E-state index contributed by atoms with van der Waals surface area (Å²) >= 11 is 4.62. The van der Waals surface area contributed by atoms with E-state index in [0.717, 1.165) is 33.7 Å². The van der Waals surface area contributed by atoms with Crippen LogP contribution in [0.25, 0.3) is 0 Å². The van der Waals surface area contributed by atoms with Crippen molar-refractivity contribution in [3.8, 4) is 0 Å². The molecule has 1 fully saturated rings. The van der Waals surface area contributed by atoms with Crippen molar-refractivity contribution in [2.75, 3.05) is 26.2 Å². The molecule has 4 N–H and O–H groups in total. The van der Waals surface area contributed by atoms with Gasteiger partial charge in [0.05, 0.1) is 18.2 Å². The molecule has 1 aliphatic heterocycles. The van der Waals surface area contributed by atoms with Crippen LogP contribution in [0.5, 0.6) is 0 Å². The maximum absolute atomic E-state index is 13.8. The predicted octanol–water partition coefficient (Wildman–Crippen LogP) is 3.76. The van der Waals surface area contributed by atoms with E-state index in [2.05, 4.69) is 39.1 Å². The Labute approximate surface area is 278 Å². The Morgan fingerprint density at radius 1 is 0.978 bits per heavy atom. The van der Waals surface area contributed by atoms with Crippen molar-refractivity contribution < 1.29 is 19.8 Å². The van der Waals surface area contributed by atoms with Gasteiger partial charge in [-0.2, -0.15) is 0 Å². The van der Waals surface area contributed by atoms with Gasteiger partial charge in [-0.3, -0.25) is 19.4 Å². The van der Waals surface area contributed by atoms with Crippen molar-refractivity contribution in [3.05, 3.63) is 101 Å². The van der Waals surface area contributed by atoms with Gasteiger partial charge < -0.3 is 20.8 Å². The molecule has 5 atom stereocenters. The third kappa shape index (κ3) is 8.98. The van der Waals surface area contributed by atoms with Gasteiger partial charge in [0.25, 0.3) is 0 Å². The number of fused-ring (bicyclic) bond motifs is 1. The number of amides is 2. The highest BCUT2D eigenvalue weighted by molar-refractivity contribution is 7.80. The van der Waals surface area contributed by atoms with Crippen molar-refractivity contribution in [2.24, 2.45) is 5.92 Å². The largest absolute Gasteiger partial charge is 0.392 e. The number of rotatable bonds is 11. The number of aliphatic hydroxyl groups is 2. The summed E-state index contributed by atoms with van der Waals surface area (Å²) in [5, 5.41) is 28.6. The SMILES string of the molecule is CC(C)(C)NC(=O)[C@@H]1CN(Cc2ccccc2S)CCN1C[C@@H](O)C[C@H](Cc1ccccc1)C(=O)N[C@H]1c2ccccc2C[C@H]1O. The Morgan fingerprint density at radius 3 is 2.41 bits per heavy atom. The molecule has 1 aliphatic carbocycles. The number of benzene rings is 3. The number of hydrogen-bond acceptors (Lipinski definition) is 7. The molecule has 2 aliphatic rings. The van der Waals surface area contributed by atoms with Crippen LogP contribution in [-0.2, 0) is 29.0 Å². The van der Waals surface area contributed by atoms with Gasteiger partial charge in [0.2, 0.25) is 11.8 Å². The van der Waals surface area contributed by atoms with Crippen LogP contribution in [0.2, 0.25) is 0 Å². The second-order valence-electron chi connectivity index (χ2n) is 13.8. The molecule has 0 spiro atoms. The number of thiol groups is 1. The first-order chi connectivity index (χ1) is 22.0. The van der Waals surface area contributed by atoms with Crippen LogP contribution in [0.3, 0.4) is 0 Å². The van der Waals surface area contributed by atoms with Gasteiger partial charge in [0.15, 0.2) is 0 Å². The van der Waals surface area contributed by atoms with E-state index in [1.54, 1.807) is 0 Å². The lowest BCUT2D eigenvalue weighted by Crippen LogP contribution is -2.61. The highest BCUT2D eigenvalue weighted by atomic mass is 32.1. The molecule has 246 valence electrons. The number of aliphatic hydroxyl groups excluding tert-OH is 2. The Kier molecular flexibility index (Phi) is 11.2. The number of carbonyl (C=O) groups excluding carboxylic acids is 2. The van der Waals surface area contributed by atoms with Crippen molar-refractivity contribution >= 4 is 24.4 Å². The Bertz CT molecular complexity index is 1480. The molecule has 3 aromatic rings. The van der Waals surface area contributed by atoms with Gasteiger partial charge in [-0.05, 0) is 61.9 Å². The Hall–Kier alpha value is -3.21. The normalized spacial score (nSPS) is 21.7. The average Bonchev–Trinajstić information content (AvgIpc) is 3.32. The second kappa shape index (κ2) is 15.1. The summed E-state index contributed by atoms with van der Waals surface area (Å²) in [4.78, 5) is 32.7. The van der Waals surface area contributed by atoms with Gasteiger partial charge in [0, 0.05) is 55.5 Å². The maximum Gasteiger partial charge on any atom is 0.239 e. The number of hydrogen-bond donors (Lipinski definition) is 5. The lowest BCUT2D eigenvalue weighted by Gasteiger charge is -2.42. The minimum Gasteiger partial charge on any atom is -0.392 e. The minimum atomic E-state index is -0.838. The molecular formula is C37H48N4O4S. The molecule has 46 heavy (non-hydrogen) atoms.